The predicted molar refractivity (Wildman–Crippen MR) is 96.9 cm³/mol. The molecule has 4 nitrogen and oxygen atoms in total. The summed E-state index contributed by atoms with van der Waals surface area (Å²) in [5, 5.41) is 12.9. The van der Waals surface area contributed by atoms with Gasteiger partial charge in [0.05, 0.1) is 24.4 Å². The zero-order valence-corrected chi connectivity index (χ0v) is 14.0. The van der Waals surface area contributed by atoms with Gasteiger partial charge in [0, 0.05) is 18.8 Å². The maximum absolute atomic E-state index is 12.8. The van der Waals surface area contributed by atoms with Crippen LogP contribution in [0.25, 0.3) is 0 Å². The summed E-state index contributed by atoms with van der Waals surface area (Å²) in [6.45, 7) is 5.70. The summed E-state index contributed by atoms with van der Waals surface area (Å²) < 4.78 is 12.8. The zero-order chi connectivity index (χ0) is 17.4. The third kappa shape index (κ3) is 4.82. The van der Waals surface area contributed by atoms with Gasteiger partial charge < -0.3 is 4.90 Å². The van der Waals surface area contributed by atoms with Gasteiger partial charge in [-0.3, -0.25) is 5.43 Å². The van der Waals surface area contributed by atoms with Crippen LogP contribution in [0.5, 0.6) is 0 Å². The Bertz CT molecular complexity index is 732. The van der Waals surface area contributed by atoms with E-state index in [1.165, 1.54) is 12.1 Å². The Morgan fingerprint density at radius 2 is 2.00 bits per heavy atom. The molecule has 0 amide bonds. The number of benzene rings is 2. The molecule has 124 valence electrons. The Morgan fingerprint density at radius 1 is 1.25 bits per heavy atom. The summed E-state index contributed by atoms with van der Waals surface area (Å²) in [5.74, 6) is -0.271. The highest BCUT2D eigenvalue weighted by Gasteiger charge is 2.05. The standard InChI is InChI=1S/C19H21FN4/c1-3-24(12-4-11-21)19-10-5-16(15(2)13-19)14-22-23-18-8-6-17(20)7-9-18/h5-10,13-14,23H,3-4,12H2,1-2H3/b22-14-. The largest absolute Gasteiger partial charge is 0.371 e. The van der Waals surface area contributed by atoms with E-state index in [1.807, 2.05) is 19.1 Å². The van der Waals surface area contributed by atoms with Crippen LogP contribution < -0.4 is 10.3 Å². The maximum atomic E-state index is 12.8. The molecule has 0 unspecified atom stereocenters. The van der Waals surface area contributed by atoms with Crippen molar-refractivity contribution < 1.29 is 4.39 Å². The van der Waals surface area contributed by atoms with Gasteiger partial charge in [0.25, 0.3) is 0 Å². The van der Waals surface area contributed by atoms with E-state index in [2.05, 4.69) is 34.5 Å². The van der Waals surface area contributed by atoms with Gasteiger partial charge in [-0.25, -0.2) is 4.39 Å². The molecule has 0 saturated heterocycles. The van der Waals surface area contributed by atoms with Crippen molar-refractivity contribution in [1.29, 1.82) is 5.26 Å². The second-order valence-electron chi connectivity index (χ2n) is 5.41. The molecule has 2 aromatic rings. The molecule has 0 heterocycles. The molecule has 0 bridgehead atoms. The molecule has 0 saturated carbocycles. The van der Waals surface area contributed by atoms with Crippen molar-refractivity contribution in [1.82, 2.24) is 0 Å². The lowest BCUT2D eigenvalue weighted by Gasteiger charge is -2.22. The van der Waals surface area contributed by atoms with Crippen LogP contribution in [0, 0.1) is 24.1 Å². The van der Waals surface area contributed by atoms with E-state index >= 15 is 0 Å². The number of hydrogen-bond acceptors (Lipinski definition) is 4. The number of hydrazone groups is 1. The van der Waals surface area contributed by atoms with Gasteiger partial charge in [-0.15, -0.1) is 0 Å². The van der Waals surface area contributed by atoms with Crippen molar-refractivity contribution in [3.8, 4) is 6.07 Å². The molecule has 2 rings (SSSR count). The first kappa shape index (κ1) is 17.5. The summed E-state index contributed by atoms with van der Waals surface area (Å²) in [5.41, 5.74) is 6.83. The summed E-state index contributed by atoms with van der Waals surface area (Å²) >= 11 is 0. The van der Waals surface area contributed by atoms with E-state index in [4.69, 9.17) is 5.26 Å². The van der Waals surface area contributed by atoms with E-state index in [0.717, 1.165) is 35.6 Å². The third-order valence-corrected chi connectivity index (χ3v) is 3.74. The highest BCUT2D eigenvalue weighted by molar-refractivity contribution is 5.83. The van der Waals surface area contributed by atoms with Crippen LogP contribution in [0.3, 0.4) is 0 Å². The minimum atomic E-state index is -0.271. The molecule has 24 heavy (non-hydrogen) atoms. The number of nitriles is 1. The van der Waals surface area contributed by atoms with Crippen molar-refractivity contribution in [3.63, 3.8) is 0 Å². The Balaban J connectivity index is 2.05. The highest BCUT2D eigenvalue weighted by atomic mass is 19.1. The lowest BCUT2D eigenvalue weighted by atomic mass is 10.1. The average molecular weight is 324 g/mol. The molecule has 5 heteroatoms. The van der Waals surface area contributed by atoms with E-state index in [-0.39, 0.29) is 5.82 Å². The predicted octanol–water partition coefficient (Wildman–Crippen LogP) is 4.32. The van der Waals surface area contributed by atoms with Gasteiger partial charge in [-0.05, 0) is 61.4 Å². The van der Waals surface area contributed by atoms with Crippen molar-refractivity contribution in [2.45, 2.75) is 20.3 Å². The van der Waals surface area contributed by atoms with Crippen LogP contribution in [0.1, 0.15) is 24.5 Å². The average Bonchev–Trinajstić information content (AvgIpc) is 2.59. The fourth-order valence-electron chi connectivity index (χ4n) is 2.36. The van der Waals surface area contributed by atoms with Gasteiger partial charge >= 0.3 is 0 Å². The Hall–Kier alpha value is -2.87. The molecular weight excluding hydrogens is 303 g/mol. The van der Waals surface area contributed by atoms with Crippen LogP contribution in [0.4, 0.5) is 15.8 Å². The van der Waals surface area contributed by atoms with Crippen molar-refractivity contribution in [2.24, 2.45) is 5.10 Å². The van der Waals surface area contributed by atoms with Crippen molar-refractivity contribution in [3.05, 3.63) is 59.4 Å². The van der Waals surface area contributed by atoms with Gasteiger partial charge in [0.2, 0.25) is 0 Å². The van der Waals surface area contributed by atoms with Crippen LogP contribution in [0.15, 0.2) is 47.6 Å². The monoisotopic (exact) mass is 324 g/mol. The number of aryl methyl sites for hydroxylation is 1. The van der Waals surface area contributed by atoms with Crippen molar-refractivity contribution in [2.75, 3.05) is 23.4 Å². The number of rotatable bonds is 7. The fourth-order valence-corrected chi connectivity index (χ4v) is 2.36. The fraction of sp³-hybridized carbons (Fsp3) is 0.263. The minimum Gasteiger partial charge on any atom is -0.371 e. The Morgan fingerprint density at radius 3 is 2.62 bits per heavy atom. The Labute approximate surface area is 142 Å². The highest BCUT2D eigenvalue weighted by Crippen LogP contribution is 2.19. The summed E-state index contributed by atoms with van der Waals surface area (Å²) in [6.07, 6.45) is 2.26. The first-order valence-corrected chi connectivity index (χ1v) is 7.91. The molecule has 0 aliphatic rings. The van der Waals surface area contributed by atoms with Crippen LogP contribution in [-0.2, 0) is 0 Å². The molecule has 0 aliphatic carbocycles. The zero-order valence-electron chi connectivity index (χ0n) is 14.0. The number of halogens is 1. The molecule has 0 aliphatic heterocycles. The number of hydrogen-bond donors (Lipinski definition) is 1. The van der Waals surface area contributed by atoms with E-state index in [0.29, 0.717) is 6.42 Å². The van der Waals surface area contributed by atoms with Crippen LogP contribution >= 0.6 is 0 Å². The smallest absolute Gasteiger partial charge is 0.123 e. The number of nitrogens with one attached hydrogen (secondary N) is 1. The molecule has 2 aromatic carbocycles. The van der Waals surface area contributed by atoms with Gasteiger partial charge in [0.15, 0.2) is 0 Å². The van der Waals surface area contributed by atoms with Gasteiger partial charge in [-0.2, -0.15) is 10.4 Å². The molecule has 0 aromatic heterocycles. The van der Waals surface area contributed by atoms with Crippen LogP contribution in [-0.4, -0.2) is 19.3 Å². The van der Waals surface area contributed by atoms with Crippen LogP contribution in [0.2, 0.25) is 0 Å². The van der Waals surface area contributed by atoms with Gasteiger partial charge in [-0.1, -0.05) is 6.07 Å². The molecular formula is C19H21FN4. The number of nitrogens with zero attached hydrogens (tertiary/aromatic N) is 3. The SMILES string of the molecule is CCN(CCC#N)c1ccc(/C=N\Nc2ccc(F)cc2)c(C)c1. The quantitative estimate of drug-likeness (QED) is 0.609. The molecule has 0 atom stereocenters. The Kier molecular flexibility index (Phi) is 6.32. The van der Waals surface area contributed by atoms with E-state index < -0.39 is 0 Å². The maximum Gasteiger partial charge on any atom is 0.123 e. The second-order valence-corrected chi connectivity index (χ2v) is 5.41. The van der Waals surface area contributed by atoms with E-state index in [1.54, 1.807) is 18.3 Å². The molecule has 1 N–H and O–H groups in total. The minimum absolute atomic E-state index is 0.271. The third-order valence-electron chi connectivity index (χ3n) is 3.74. The topological polar surface area (TPSA) is 51.4 Å². The summed E-state index contributed by atoms with van der Waals surface area (Å²) in [4.78, 5) is 2.17. The van der Waals surface area contributed by atoms with Gasteiger partial charge in [0.1, 0.15) is 5.82 Å². The summed E-state index contributed by atoms with van der Waals surface area (Å²) in [7, 11) is 0. The summed E-state index contributed by atoms with van der Waals surface area (Å²) in [6, 6.07) is 14.4. The second kappa shape index (κ2) is 8.68. The normalized spacial score (nSPS) is 10.6. The molecule has 0 spiro atoms. The lowest BCUT2D eigenvalue weighted by molar-refractivity contribution is 0.628. The lowest BCUT2D eigenvalue weighted by Crippen LogP contribution is -2.23. The number of anilines is 2. The van der Waals surface area contributed by atoms with Crippen molar-refractivity contribution >= 4 is 17.6 Å². The molecule has 0 fully saturated rings. The first-order valence-electron chi connectivity index (χ1n) is 7.91. The first-order chi connectivity index (χ1) is 11.6. The van der Waals surface area contributed by atoms with E-state index in [9.17, 15) is 4.39 Å². The molecule has 0 radical (unpaired) electrons.